The topological polar surface area (TPSA) is 32.3 Å². The van der Waals surface area contributed by atoms with E-state index < -0.39 is 23.8 Å². The molecule has 1 atom stereocenters. The number of halogens is 4. The van der Waals surface area contributed by atoms with Crippen molar-refractivity contribution in [2.24, 2.45) is 0 Å². The maximum absolute atomic E-state index is 13.2. The lowest BCUT2D eigenvalue weighted by atomic mass is 10.1. The Bertz CT molecular complexity index is 378. The zero-order valence-electron chi connectivity index (χ0n) is 9.18. The van der Waals surface area contributed by atoms with Crippen molar-refractivity contribution in [2.45, 2.75) is 25.7 Å². The number of hydrogen-bond acceptors (Lipinski definition) is 2. The molecule has 1 aromatic rings. The van der Waals surface area contributed by atoms with Crippen LogP contribution in [0.2, 0.25) is 0 Å². The van der Waals surface area contributed by atoms with Crippen LogP contribution in [0.25, 0.3) is 0 Å². The van der Waals surface area contributed by atoms with Gasteiger partial charge in [0.25, 0.3) is 0 Å². The number of benzene rings is 1. The van der Waals surface area contributed by atoms with Crippen LogP contribution in [0.15, 0.2) is 18.2 Å². The fourth-order valence-corrected chi connectivity index (χ4v) is 1.45. The van der Waals surface area contributed by atoms with Gasteiger partial charge in [0, 0.05) is 6.42 Å². The van der Waals surface area contributed by atoms with Crippen molar-refractivity contribution < 1.29 is 22.7 Å². The molecule has 0 radical (unpaired) electrons. The minimum atomic E-state index is -4.69. The van der Waals surface area contributed by atoms with Crippen molar-refractivity contribution in [3.05, 3.63) is 35.1 Å². The van der Waals surface area contributed by atoms with Gasteiger partial charge in [-0.05, 0) is 24.2 Å². The van der Waals surface area contributed by atoms with E-state index in [1.54, 1.807) is 6.92 Å². The second kappa shape index (κ2) is 5.46. The number of likely N-dealkylation sites (N-methyl/N-ethyl adjacent to an activating group) is 1. The first kappa shape index (κ1) is 13.9. The van der Waals surface area contributed by atoms with E-state index in [1.165, 1.54) is 0 Å². The average molecular weight is 251 g/mol. The second-order valence-corrected chi connectivity index (χ2v) is 3.59. The van der Waals surface area contributed by atoms with E-state index in [9.17, 15) is 22.7 Å². The average Bonchev–Trinajstić information content (AvgIpc) is 2.15. The molecule has 6 heteroatoms. The van der Waals surface area contributed by atoms with Gasteiger partial charge in [0.1, 0.15) is 12.0 Å². The summed E-state index contributed by atoms with van der Waals surface area (Å²) in [6.07, 6.45) is -5.53. The van der Waals surface area contributed by atoms with E-state index >= 15 is 0 Å². The summed E-state index contributed by atoms with van der Waals surface area (Å²) in [6.45, 7) is 2.29. The number of aliphatic hydroxyl groups excluding tert-OH is 1. The van der Waals surface area contributed by atoms with E-state index in [-0.39, 0.29) is 6.42 Å². The van der Waals surface area contributed by atoms with Gasteiger partial charge in [-0.15, -0.1) is 0 Å². The SMILES string of the molecule is CCNC(O)Cc1ccc(C(F)(F)F)c(F)c1. The highest BCUT2D eigenvalue weighted by atomic mass is 19.4. The lowest BCUT2D eigenvalue weighted by molar-refractivity contribution is -0.140. The largest absolute Gasteiger partial charge is 0.419 e. The minimum Gasteiger partial charge on any atom is -0.378 e. The molecule has 0 aliphatic rings. The van der Waals surface area contributed by atoms with E-state index in [0.717, 1.165) is 12.1 Å². The van der Waals surface area contributed by atoms with Crippen LogP contribution in [-0.2, 0) is 12.6 Å². The number of rotatable bonds is 4. The molecule has 17 heavy (non-hydrogen) atoms. The summed E-state index contributed by atoms with van der Waals surface area (Å²) in [4.78, 5) is 0. The van der Waals surface area contributed by atoms with Crippen LogP contribution in [0.3, 0.4) is 0 Å². The molecule has 0 heterocycles. The molecular weight excluding hydrogens is 238 g/mol. The lowest BCUT2D eigenvalue weighted by Crippen LogP contribution is -2.30. The molecule has 1 aromatic carbocycles. The molecule has 0 saturated carbocycles. The van der Waals surface area contributed by atoms with Gasteiger partial charge in [0.05, 0.1) is 5.56 Å². The smallest absolute Gasteiger partial charge is 0.378 e. The van der Waals surface area contributed by atoms with Crippen molar-refractivity contribution in [1.29, 1.82) is 0 Å². The van der Waals surface area contributed by atoms with Gasteiger partial charge in [-0.2, -0.15) is 13.2 Å². The molecule has 0 bridgehead atoms. The Morgan fingerprint density at radius 1 is 1.35 bits per heavy atom. The van der Waals surface area contributed by atoms with Crippen LogP contribution in [0.5, 0.6) is 0 Å². The van der Waals surface area contributed by atoms with Gasteiger partial charge < -0.3 is 5.11 Å². The van der Waals surface area contributed by atoms with Crippen molar-refractivity contribution in [2.75, 3.05) is 6.54 Å². The van der Waals surface area contributed by atoms with E-state index in [0.29, 0.717) is 18.2 Å². The molecule has 2 nitrogen and oxygen atoms in total. The zero-order valence-corrected chi connectivity index (χ0v) is 9.18. The maximum Gasteiger partial charge on any atom is 0.419 e. The third-order valence-corrected chi connectivity index (χ3v) is 2.21. The predicted molar refractivity (Wildman–Crippen MR) is 54.8 cm³/mol. The molecule has 2 N–H and O–H groups in total. The third-order valence-electron chi connectivity index (χ3n) is 2.21. The Balaban J connectivity index is 2.82. The molecule has 1 rings (SSSR count). The minimum absolute atomic E-state index is 0.0584. The number of aliphatic hydroxyl groups is 1. The monoisotopic (exact) mass is 251 g/mol. The number of hydrogen-bond donors (Lipinski definition) is 2. The Kier molecular flexibility index (Phi) is 4.47. The van der Waals surface area contributed by atoms with Crippen molar-refractivity contribution in [3.8, 4) is 0 Å². The highest BCUT2D eigenvalue weighted by Gasteiger charge is 2.33. The molecule has 0 saturated heterocycles. The summed E-state index contributed by atoms with van der Waals surface area (Å²) in [6, 6.07) is 2.64. The molecule has 0 aromatic heterocycles. The fraction of sp³-hybridized carbons (Fsp3) is 0.455. The van der Waals surface area contributed by atoms with E-state index in [1.807, 2.05) is 0 Å². The molecule has 0 amide bonds. The Hall–Kier alpha value is -1.14. The maximum atomic E-state index is 13.2. The van der Waals surface area contributed by atoms with Crippen LogP contribution in [0, 0.1) is 5.82 Å². The normalized spacial score (nSPS) is 13.8. The van der Waals surface area contributed by atoms with Crippen LogP contribution in [-0.4, -0.2) is 17.9 Å². The highest BCUT2D eigenvalue weighted by Crippen LogP contribution is 2.31. The van der Waals surface area contributed by atoms with Gasteiger partial charge in [-0.25, -0.2) is 4.39 Å². The van der Waals surface area contributed by atoms with Gasteiger partial charge >= 0.3 is 6.18 Å². The van der Waals surface area contributed by atoms with Crippen molar-refractivity contribution >= 4 is 0 Å². The summed E-state index contributed by atoms with van der Waals surface area (Å²) in [5.74, 6) is -1.32. The van der Waals surface area contributed by atoms with E-state index in [4.69, 9.17) is 0 Å². The van der Waals surface area contributed by atoms with Crippen LogP contribution < -0.4 is 5.32 Å². The summed E-state index contributed by atoms with van der Waals surface area (Å²) in [5, 5.41) is 12.0. The summed E-state index contributed by atoms with van der Waals surface area (Å²) < 4.78 is 49.9. The Morgan fingerprint density at radius 2 is 2.00 bits per heavy atom. The molecule has 96 valence electrons. The summed E-state index contributed by atoms with van der Waals surface area (Å²) in [5.41, 5.74) is -0.983. The first-order valence-corrected chi connectivity index (χ1v) is 5.11. The lowest BCUT2D eigenvalue weighted by Gasteiger charge is -2.13. The predicted octanol–water partition coefficient (Wildman–Crippen LogP) is 2.31. The summed E-state index contributed by atoms with van der Waals surface area (Å²) >= 11 is 0. The summed E-state index contributed by atoms with van der Waals surface area (Å²) in [7, 11) is 0. The number of nitrogens with one attached hydrogen (secondary N) is 1. The standard InChI is InChI=1S/C11H13F4NO/c1-2-16-10(17)6-7-3-4-8(9(12)5-7)11(13,14)15/h3-5,10,16-17H,2,6H2,1H3. The highest BCUT2D eigenvalue weighted by molar-refractivity contribution is 5.26. The molecule has 0 aliphatic carbocycles. The van der Waals surface area contributed by atoms with Gasteiger partial charge in [-0.1, -0.05) is 13.0 Å². The third kappa shape index (κ3) is 3.98. The van der Waals surface area contributed by atoms with Gasteiger partial charge in [0.2, 0.25) is 0 Å². The molecule has 0 aliphatic heterocycles. The molecular formula is C11H13F4NO. The Morgan fingerprint density at radius 3 is 2.47 bits per heavy atom. The first-order chi connectivity index (χ1) is 7.84. The van der Waals surface area contributed by atoms with Crippen LogP contribution in [0.1, 0.15) is 18.1 Å². The fourth-order valence-electron chi connectivity index (χ4n) is 1.45. The van der Waals surface area contributed by atoms with Gasteiger partial charge in [0.15, 0.2) is 0 Å². The van der Waals surface area contributed by atoms with E-state index in [2.05, 4.69) is 5.32 Å². The van der Waals surface area contributed by atoms with Crippen LogP contribution in [0.4, 0.5) is 17.6 Å². The molecule has 0 spiro atoms. The number of alkyl halides is 3. The molecule has 0 fully saturated rings. The van der Waals surface area contributed by atoms with Crippen LogP contribution >= 0.6 is 0 Å². The molecule has 1 unspecified atom stereocenters. The van der Waals surface area contributed by atoms with Crippen molar-refractivity contribution in [3.63, 3.8) is 0 Å². The quantitative estimate of drug-likeness (QED) is 0.635. The zero-order chi connectivity index (χ0) is 13.1. The Labute approximate surface area is 96.3 Å². The second-order valence-electron chi connectivity index (χ2n) is 3.59. The van der Waals surface area contributed by atoms with Gasteiger partial charge in [-0.3, -0.25) is 5.32 Å². The first-order valence-electron chi connectivity index (χ1n) is 5.11. The van der Waals surface area contributed by atoms with Crippen molar-refractivity contribution in [1.82, 2.24) is 5.32 Å².